The van der Waals surface area contributed by atoms with Crippen molar-refractivity contribution in [1.82, 2.24) is 10.3 Å². The molecule has 18 heavy (non-hydrogen) atoms. The van der Waals surface area contributed by atoms with Crippen molar-refractivity contribution in [3.05, 3.63) is 16.6 Å². The molecule has 1 unspecified atom stereocenters. The zero-order chi connectivity index (χ0) is 13.0. The number of carbonyl (C=O) groups excluding carboxylic acids is 1. The van der Waals surface area contributed by atoms with Crippen molar-refractivity contribution in [2.24, 2.45) is 0 Å². The smallest absolute Gasteiger partial charge is 0.331 e. The second kappa shape index (κ2) is 5.45. The summed E-state index contributed by atoms with van der Waals surface area (Å²) in [7, 11) is 0. The van der Waals surface area contributed by atoms with Crippen LogP contribution in [0.15, 0.2) is 11.6 Å². The first-order valence-electron chi connectivity index (χ1n) is 5.63. The van der Waals surface area contributed by atoms with Crippen LogP contribution in [-0.2, 0) is 20.7 Å². The fraction of sp³-hybridized carbons (Fsp3) is 0.545. The van der Waals surface area contributed by atoms with E-state index in [0.717, 1.165) is 5.01 Å². The molecule has 1 aromatic heterocycles. The number of carboxylic acid groups (broad SMARTS) is 1. The molecule has 0 radical (unpaired) electrons. The van der Waals surface area contributed by atoms with E-state index in [1.54, 1.807) is 6.20 Å². The Balaban J connectivity index is 1.88. The van der Waals surface area contributed by atoms with Gasteiger partial charge in [0.15, 0.2) is 5.54 Å². The highest BCUT2D eigenvalue weighted by molar-refractivity contribution is 7.09. The summed E-state index contributed by atoms with van der Waals surface area (Å²) in [4.78, 5) is 27.0. The molecule has 1 aliphatic rings. The lowest BCUT2D eigenvalue weighted by atomic mass is 9.99. The van der Waals surface area contributed by atoms with Crippen LogP contribution in [0.4, 0.5) is 0 Å². The minimum absolute atomic E-state index is 0.0331. The van der Waals surface area contributed by atoms with Crippen LogP contribution in [0.3, 0.4) is 0 Å². The molecule has 7 heteroatoms. The molecule has 0 aliphatic carbocycles. The van der Waals surface area contributed by atoms with Crippen molar-refractivity contribution in [3.8, 4) is 0 Å². The van der Waals surface area contributed by atoms with E-state index in [1.165, 1.54) is 11.3 Å². The van der Waals surface area contributed by atoms with Crippen molar-refractivity contribution in [1.29, 1.82) is 0 Å². The molecule has 0 bridgehead atoms. The second-order valence-electron chi connectivity index (χ2n) is 4.16. The standard InChI is InChI=1S/C11H14N2O4S/c14-8(1-2-9-12-4-6-18-9)13-11(10(15)16)3-5-17-7-11/h4,6H,1-3,5,7H2,(H,13,14)(H,15,16). The monoisotopic (exact) mass is 270 g/mol. The Hall–Kier alpha value is -1.47. The average Bonchev–Trinajstić information content (AvgIpc) is 2.97. The lowest BCUT2D eigenvalue weighted by Gasteiger charge is -2.23. The summed E-state index contributed by atoms with van der Waals surface area (Å²) >= 11 is 1.48. The number of thiazole rings is 1. The van der Waals surface area contributed by atoms with Gasteiger partial charge in [-0.3, -0.25) is 4.79 Å². The van der Waals surface area contributed by atoms with Gasteiger partial charge in [0.05, 0.1) is 11.6 Å². The number of carboxylic acids is 1. The number of hydrogen-bond acceptors (Lipinski definition) is 5. The molecule has 6 nitrogen and oxygen atoms in total. The third-order valence-corrected chi connectivity index (χ3v) is 3.70. The highest BCUT2D eigenvalue weighted by Gasteiger charge is 2.43. The van der Waals surface area contributed by atoms with E-state index in [-0.39, 0.29) is 18.9 Å². The number of amides is 1. The number of aryl methyl sites for hydroxylation is 1. The second-order valence-corrected chi connectivity index (χ2v) is 5.14. The molecule has 0 aromatic carbocycles. The number of rotatable bonds is 5. The normalized spacial score (nSPS) is 22.9. The zero-order valence-corrected chi connectivity index (χ0v) is 10.5. The first-order valence-corrected chi connectivity index (χ1v) is 6.51. The molecule has 0 saturated carbocycles. The van der Waals surface area contributed by atoms with E-state index in [1.807, 2.05) is 5.38 Å². The van der Waals surface area contributed by atoms with Crippen molar-refractivity contribution in [3.63, 3.8) is 0 Å². The van der Waals surface area contributed by atoms with Gasteiger partial charge in [0.1, 0.15) is 0 Å². The minimum Gasteiger partial charge on any atom is -0.479 e. The van der Waals surface area contributed by atoms with Gasteiger partial charge in [0.25, 0.3) is 0 Å². The zero-order valence-electron chi connectivity index (χ0n) is 9.72. The summed E-state index contributed by atoms with van der Waals surface area (Å²) in [5.74, 6) is -1.32. The van der Waals surface area contributed by atoms with Gasteiger partial charge in [-0.05, 0) is 0 Å². The lowest BCUT2D eigenvalue weighted by Crippen LogP contribution is -2.55. The van der Waals surface area contributed by atoms with Gasteiger partial charge in [-0.2, -0.15) is 0 Å². The summed E-state index contributed by atoms with van der Waals surface area (Å²) in [6, 6.07) is 0. The van der Waals surface area contributed by atoms with Gasteiger partial charge < -0.3 is 15.2 Å². The van der Waals surface area contributed by atoms with Crippen LogP contribution in [0.1, 0.15) is 17.8 Å². The first-order chi connectivity index (χ1) is 8.62. The topological polar surface area (TPSA) is 88.5 Å². The molecular formula is C11H14N2O4S. The van der Waals surface area contributed by atoms with Crippen LogP contribution in [-0.4, -0.2) is 40.7 Å². The van der Waals surface area contributed by atoms with Crippen LogP contribution in [0.25, 0.3) is 0 Å². The highest BCUT2D eigenvalue weighted by atomic mass is 32.1. The van der Waals surface area contributed by atoms with Crippen LogP contribution < -0.4 is 5.32 Å². The number of aliphatic carboxylic acids is 1. The Bertz CT molecular complexity index is 426. The van der Waals surface area contributed by atoms with Crippen molar-refractivity contribution in [2.75, 3.05) is 13.2 Å². The number of ether oxygens (including phenoxy) is 1. The summed E-state index contributed by atoms with van der Waals surface area (Å²) in [5, 5.41) is 14.4. The van der Waals surface area contributed by atoms with Crippen LogP contribution in [0, 0.1) is 0 Å². The van der Waals surface area contributed by atoms with E-state index >= 15 is 0 Å². The number of nitrogens with one attached hydrogen (secondary N) is 1. The number of hydrogen-bond donors (Lipinski definition) is 2. The van der Waals surface area contributed by atoms with Crippen LogP contribution in [0.2, 0.25) is 0 Å². The molecule has 0 spiro atoms. The quantitative estimate of drug-likeness (QED) is 0.810. The molecule has 1 atom stereocenters. The van der Waals surface area contributed by atoms with Gasteiger partial charge in [0.2, 0.25) is 5.91 Å². The molecule has 1 aromatic rings. The predicted molar refractivity (Wildman–Crippen MR) is 64.4 cm³/mol. The SMILES string of the molecule is O=C(CCc1nccs1)NC1(C(=O)O)CCOC1. The Morgan fingerprint density at radius 3 is 3.00 bits per heavy atom. The molecule has 2 rings (SSSR count). The largest absolute Gasteiger partial charge is 0.479 e. The summed E-state index contributed by atoms with van der Waals surface area (Å²) < 4.78 is 5.07. The Morgan fingerprint density at radius 2 is 2.44 bits per heavy atom. The maximum atomic E-state index is 11.8. The van der Waals surface area contributed by atoms with Gasteiger partial charge in [-0.1, -0.05) is 0 Å². The summed E-state index contributed by atoms with van der Waals surface area (Å²) in [5.41, 5.74) is -1.25. The molecule has 98 valence electrons. The summed E-state index contributed by atoms with van der Waals surface area (Å²) in [6.45, 7) is 0.393. The van der Waals surface area contributed by atoms with Crippen LogP contribution >= 0.6 is 11.3 Å². The molecule has 1 aliphatic heterocycles. The predicted octanol–water partition coefficient (Wildman–Crippen LogP) is 0.436. The van der Waals surface area contributed by atoms with Crippen molar-refractivity contribution in [2.45, 2.75) is 24.8 Å². The highest BCUT2D eigenvalue weighted by Crippen LogP contribution is 2.19. The fourth-order valence-corrected chi connectivity index (χ4v) is 2.43. The number of aromatic nitrogens is 1. The molecule has 2 heterocycles. The fourth-order valence-electron chi connectivity index (χ4n) is 1.81. The van der Waals surface area contributed by atoms with Gasteiger partial charge >= 0.3 is 5.97 Å². The number of carbonyl (C=O) groups is 2. The van der Waals surface area contributed by atoms with E-state index in [9.17, 15) is 9.59 Å². The van der Waals surface area contributed by atoms with Crippen LogP contribution in [0.5, 0.6) is 0 Å². The van der Waals surface area contributed by atoms with Gasteiger partial charge in [-0.25, -0.2) is 9.78 Å². The van der Waals surface area contributed by atoms with Gasteiger partial charge in [-0.15, -0.1) is 11.3 Å². The molecule has 1 fully saturated rings. The minimum atomic E-state index is -1.25. The Labute approximate surface area is 108 Å². The van der Waals surface area contributed by atoms with Crippen molar-refractivity contribution < 1.29 is 19.4 Å². The lowest BCUT2D eigenvalue weighted by molar-refractivity contribution is -0.147. The van der Waals surface area contributed by atoms with E-state index < -0.39 is 11.5 Å². The van der Waals surface area contributed by atoms with E-state index in [4.69, 9.17) is 9.84 Å². The maximum absolute atomic E-state index is 11.8. The molecular weight excluding hydrogens is 256 g/mol. The van der Waals surface area contributed by atoms with Gasteiger partial charge in [0, 0.05) is 37.4 Å². The average molecular weight is 270 g/mol. The Morgan fingerprint density at radius 1 is 1.61 bits per heavy atom. The Kier molecular flexibility index (Phi) is 3.93. The molecule has 2 N–H and O–H groups in total. The third kappa shape index (κ3) is 2.85. The van der Waals surface area contributed by atoms with E-state index in [0.29, 0.717) is 19.4 Å². The number of nitrogens with zero attached hydrogens (tertiary/aromatic N) is 1. The first kappa shape index (κ1) is 13.0. The van der Waals surface area contributed by atoms with E-state index in [2.05, 4.69) is 10.3 Å². The van der Waals surface area contributed by atoms with Crippen molar-refractivity contribution >= 4 is 23.2 Å². The summed E-state index contributed by atoms with van der Waals surface area (Å²) in [6.07, 6.45) is 2.76. The molecule has 1 amide bonds. The molecule has 1 saturated heterocycles. The third-order valence-electron chi connectivity index (χ3n) is 2.86. The maximum Gasteiger partial charge on any atom is 0.331 e.